The molecule has 2 aromatic rings. The molecular formula is C12H15BrFN7O4S. The Morgan fingerprint density at radius 1 is 1.42 bits per heavy atom. The van der Waals surface area contributed by atoms with Gasteiger partial charge in [0, 0.05) is 13.1 Å². The van der Waals surface area contributed by atoms with Crippen molar-refractivity contribution in [3.05, 3.63) is 34.2 Å². The molecule has 0 aliphatic rings. The van der Waals surface area contributed by atoms with Crippen LogP contribution >= 0.6 is 15.9 Å². The van der Waals surface area contributed by atoms with Crippen LogP contribution < -0.4 is 20.2 Å². The van der Waals surface area contributed by atoms with Gasteiger partial charge in [0.1, 0.15) is 5.82 Å². The van der Waals surface area contributed by atoms with Crippen LogP contribution in [0, 0.1) is 11.2 Å². The molecule has 0 fully saturated rings. The predicted octanol–water partition coefficient (Wildman–Crippen LogP) is 0.787. The van der Waals surface area contributed by atoms with Gasteiger partial charge in [-0.1, -0.05) is 0 Å². The Morgan fingerprint density at radius 3 is 2.81 bits per heavy atom. The Kier molecular flexibility index (Phi) is 6.60. The first-order chi connectivity index (χ1) is 12.2. The summed E-state index contributed by atoms with van der Waals surface area (Å²) in [4.78, 5) is 0. The first-order valence-corrected chi connectivity index (χ1v) is 9.40. The van der Waals surface area contributed by atoms with Crippen molar-refractivity contribution in [1.82, 2.24) is 15.0 Å². The topological polar surface area (TPSA) is 170 Å². The van der Waals surface area contributed by atoms with Gasteiger partial charge in [-0.2, -0.15) is 8.42 Å². The van der Waals surface area contributed by atoms with E-state index in [-0.39, 0.29) is 34.8 Å². The standard InChI is InChI=1S/C12H15BrFN7O4S/c13-8-6-7(2-3-9(8)14)21(22)11(15)10-12(20-25-19-10)17-4-1-5-18-26(16,23)24/h2-3,6,15,18,22H,1,4-5H2,(H,17,20)(H2,16,23,24). The number of halogens is 2. The zero-order valence-electron chi connectivity index (χ0n) is 13.1. The van der Waals surface area contributed by atoms with Gasteiger partial charge in [0.25, 0.3) is 10.2 Å². The molecule has 0 saturated heterocycles. The summed E-state index contributed by atoms with van der Waals surface area (Å²) >= 11 is 2.99. The van der Waals surface area contributed by atoms with Crippen LogP contribution in [0.2, 0.25) is 0 Å². The molecule has 0 radical (unpaired) electrons. The van der Waals surface area contributed by atoms with Crippen LogP contribution in [-0.4, -0.2) is 42.9 Å². The molecule has 0 aliphatic carbocycles. The second-order valence-corrected chi connectivity index (χ2v) is 7.17. The molecule has 0 aliphatic heterocycles. The number of nitrogens with zero attached hydrogens (tertiary/aromatic N) is 3. The summed E-state index contributed by atoms with van der Waals surface area (Å²) in [7, 11) is -3.76. The Morgan fingerprint density at radius 2 is 2.15 bits per heavy atom. The number of amidine groups is 1. The lowest BCUT2D eigenvalue weighted by Gasteiger charge is -2.16. The highest BCUT2D eigenvalue weighted by Crippen LogP contribution is 2.24. The van der Waals surface area contributed by atoms with Crippen LogP contribution in [0.3, 0.4) is 0 Å². The smallest absolute Gasteiger partial charge is 0.274 e. The quantitative estimate of drug-likeness (QED) is 0.169. The number of benzene rings is 1. The number of nitrogens with two attached hydrogens (primary N) is 1. The molecule has 1 heterocycles. The maximum Gasteiger partial charge on any atom is 0.274 e. The van der Waals surface area contributed by atoms with E-state index in [0.29, 0.717) is 11.5 Å². The van der Waals surface area contributed by atoms with Crippen molar-refractivity contribution >= 4 is 43.5 Å². The predicted molar refractivity (Wildman–Crippen MR) is 93.7 cm³/mol. The lowest BCUT2D eigenvalue weighted by Crippen LogP contribution is -2.32. The van der Waals surface area contributed by atoms with Gasteiger partial charge < -0.3 is 5.32 Å². The summed E-state index contributed by atoms with van der Waals surface area (Å²) < 4.78 is 41.6. The van der Waals surface area contributed by atoms with Crippen LogP contribution in [-0.2, 0) is 10.2 Å². The fourth-order valence-corrected chi connectivity index (χ4v) is 2.61. The second-order valence-electron chi connectivity index (χ2n) is 4.94. The van der Waals surface area contributed by atoms with Gasteiger partial charge in [-0.3, -0.25) is 10.6 Å². The van der Waals surface area contributed by atoms with Crippen LogP contribution in [0.1, 0.15) is 12.1 Å². The molecule has 11 nitrogen and oxygen atoms in total. The Hall–Kier alpha value is -2.13. The first kappa shape index (κ1) is 20.2. The molecule has 6 N–H and O–H groups in total. The second kappa shape index (κ2) is 8.50. The number of hydroxylamine groups is 1. The third kappa shape index (κ3) is 5.43. The Balaban J connectivity index is 1.99. The number of nitrogens with one attached hydrogen (secondary N) is 3. The molecule has 1 aromatic carbocycles. The molecular weight excluding hydrogens is 437 g/mol. The highest BCUT2D eigenvalue weighted by Gasteiger charge is 2.21. The number of aromatic nitrogens is 2. The normalized spacial score (nSPS) is 11.4. The first-order valence-electron chi connectivity index (χ1n) is 7.06. The van der Waals surface area contributed by atoms with E-state index < -0.39 is 21.9 Å². The minimum atomic E-state index is -3.76. The number of hydrogen-bond acceptors (Lipinski definition) is 8. The van der Waals surface area contributed by atoms with Crippen molar-refractivity contribution in [2.75, 3.05) is 23.5 Å². The maximum absolute atomic E-state index is 13.3. The van der Waals surface area contributed by atoms with E-state index in [4.69, 9.17) is 10.5 Å². The maximum atomic E-state index is 13.3. The Labute approximate surface area is 156 Å². The van der Waals surface area contributed by atoms with Crippen molar-refractivity contribution in [2.45, 2.75) is 6.42 Å². The van der Waals surface area contributed by atoms with Gasteiger partial charge in [0.2, 0.25) is 5.82 Å². The van der Waals surface area contributed by atoms with E-state index in [1.807, 2.05) is 0 Å². The zero-order valence-corrected chi connectivity index (χ0v) is 15.5. The minimum absolute atomic E-state index is 0.0748. The average Bonchev–Trinajstić information content (AvgIpc) is 3.03. The highest BCUT2D eigenvalue weighted by atomic mass is 79.9. The molecule has 142 valence electrons. The zero-order chi connectivity index (χ0) is 19.3. The van der Waals surface area contributed by atoms with E-state index in [1.165, 1.54) is 12.1 Å². The Bertz CT molecular complexity index is 891. The molecule has 26 heavy (non-hydrogen) atoms. The fourth-order valence-electron chi connectivity index (χ4n) is 1.82. The van der Waals surface area contributed by atoms with Gasteiger partial charge in [-0.05, 0) is 50.9 Å². The molecule has 0 unspecified atom stereocenters. The van der Waals surface area contributed by atoms with E-state index >= 15 is 0 Å². The van der Waals surface area contributed by atoms with Crippen LogP contribution in [0.15, 0.2) is 27.3 Å². The third-order valence-electron chi connectivity index (χ3n) is 3.02. The van der Waals surface area contributed by atoms with Gasteiger partial charge in [-0.25, -0.2) is 23.9 Å². The molecule has 0 spiro atoms. The highest BCUT2D eigenvalue weighted by molar-refractivity contribution is 9.10. The summed E-state index contributed by atoms with van der Waals surface area (Å²) in [5.41, 5.74) is 0.0296. The van der Waals surface area contributed by atoms with Gasteiger partial charge in [-0.15, -0.1) is 0 Å². The molecule has 0 amide bonds. The van der Waals surface area contributed by atoms with Crippen LogP contribution in [0.5, 0.6) is 0 Å². The van der Waals surface area contributed by atoms with Crippen LogP contribution in [0.25, 0.3) is 0 Å². The summed E-state index contributed by atoms with van der Waals surface area (Å²) in [6.45, 7) is 0.365. The van der Waals surface area contributed by atoms with Crippen LogP contribution in [0.4, 0.5) is 15.9 Å². The molecule has 0 saturated carbocycles. The van der Waals surface area contributed by atoms with E-state index in [9.17, 15) is 18.0 Å². The molecule has 2 rings (SSSR count). The van der Waals surface area contributed by atoms with E-state index in [2.05, 4.69) is 40.9 Å². The third-order valence-corrected chi connectivity index (χ3v) is 4.24. The van der Waals surface area contributed by atoms with Gasteiger partial charge in [0.05, 0.1) is 10.2 Å². The SMILES string of the molecule is N=C(c1nonc1NCCCNS(N)(=O)=O)N(O)c1ccc(F)c(Br)c1. The van der Waals surface area contributed by atoms with Crippen molar-refractivity contribution in [3.63, 3.8) is 0 Å². The average molecular weight is 452 g/mol. The van der Waals surface area contributed by atoms with Crippen molar-refractivity contribution in [3.8, 4) is 0 Å². The summed E-state index contributed by atoms with van der Waals surface area (Å²) in [6, 6.07) is 3.67. The summed E-state index contributed by atoms with van der Waals surface area (Å²) in [5.74, 6) is -0.909. The molecule has 1 aromatic heterocycles. The number of hydrogen-bond donors (Lipinski definition) is 5. The molecule has 14 heteroatoms. The van der Waals surface area contributed by atoms with Gasteiger partial charge in [0.15, 0.2) is 11.5 Å². The number of anilines is 2. The lowest BCUT2D eigenvalue weighted by atomic mass is 10.3. The molecule has 0 atom stereocenters. The van der Waals surface area contributed by atoms with Crippen molar-refractivity contribution < 1.29 is 22.6 Å². The minimum Gasteiger partial charge on any atom is -0.365 e. The van der Waals surface area contributed by atoms with Crippen molar-refractivity contribution in [1.29, 1.82) is 5.41 Å². The summed E-state index contributed by atoms with van der Waals surface area (Å²) in [6.07, 6.45) is 0.365. The van der Waals surface area contributed by atoms with E-state index in [1.54, 1.807) is 0 Å². The van der Waals surface area contributed by atoms with E-state index in [0.717, 1.165) is 6.07 Å². The fraction of sp³-hybridized carbons (Fsp3) is 0.250. The molecule has 0 bridgehead atoms. The van der Waals surface area contributed by atoms with Crippen molar-refractivity contribution in [2.24, 2.45) is 5.14 Å². The lowest BCUT2D eigenvalue weighted by molar-refractivity contribution is 0.300. The largest absolute Gasteiger partial charge is 0.365 e. The monoisotopic (exact) mass is 451 g/mol. The summed E-state index contributed by atoms with van der Waals surface area (Å²) in [5, 5.41) is 33.4. The van der Waals surface area contributed by atoms with Gasteiger partial charge >= 0.3 is 0 Å². The number of rotatable bonds is 8.